The second-order valence-corrected chi connectivity index (χ2v) is 8.52. The molecule has 0 aliphatic rings. The van der Waals surface area contributed by atoms with Gasteiger partial charge in [0, 0.05) is 0 Å². The summed E-state index contributed by atoms with van der Waals surface area (Å²) in [6.45, 7) is 2.01. The van der Waals surface area contributed by atoms with Gasteiger partial charge in [-0.1, -0.05) is 78.5 Å². The second-order valence-electron chi connectivity index (χ2n) is 7.59. The highest BCUT2D eigenvalue weighted by atomic mass is 32.2. The zero-order valence-corrected chi connectivity index (χ0v) is 18.7. The molecule has 0 radical (unpaired) electrons. The largest absolute Gasteiger partial charge is 0.447 e. The molecule has 5 aromatic rings. The molecule has 0 spiro atoms. The summed E-state index contributed by atoms with van der Waals surface area (Å²) in [5.74, 6) is 0.532. The van der Waals surface area contributed by atoms with Crippen molar-refractivity contribution in [1.82, 2.24) is 15.3 Å². The molecule has 164 valence electrons. The quantitative estimate of drug-likeness (QED) is 0.306. The minimum Gasteiger partial charge on any atom is -0.447 e. The smallest absolute Gasteiger partial charge is 0.273 e. The zero-order chi connectivity index (χ0) is 22.6. The van der Waals surface area contributed by atoms with Crippen molar-refractivity contribution in [3.63, 3.8) is 0 Å². The molecule has 0 aliphatic heterocycles. The van der Waals surface area contributed by atoms with Gasteiger partial charge in [0.2, 0.25) is 5.89 Å². The van der Waals surface area contributed by atoms with Gasteiger partial charge in [-0.15, -0.1) is 0 Å². The van der Waals surface area contributed by atoms with E-state index in [2.05, 4.69) is 15.3 Å². The van der Waals surface area contributed by atoms with Gasteiger partial charge in [-0.25, -0.2) is 9.97 Å². The highest BCUT2D eigenvalue weighted by Crippen LogP contribution is 2.27. The molecule has 5 rings (SSSR count). The number of aromatic nitrogens is 2. The third-order valence-corrected chi connectivity index (χ3v) is 5.98. The number of rotatable bonds is 7. The number of aryl methyl sites for hydroxylation is 1. The summed E-state index contributed by atoms with van der Waals surface area (Å²) in [5, 5.41) is 3.61. The fourth-order valence-corrected chi connectivity index (χ4v) is 4.23. The molecule has 0 atom stereocenters. The van der Waals surface area contributed by atoms with Gasteiger partial charge in [0.15, 0.2) is 11.3 Å². The van der Waals surface area contributed by atoms with E-state index in [0.29, 0.717) is 16.9 Å². The lowest BCUT2D eigenvalue weighted by molar-refractivity contribution is 0.0938. The van der Waals surface area contributed by atoms with Crippen molar-refractivity contribution in [3.8, 4) is 0 Å². The molecule has 0 fully saturated rings. The fraction of sp³-hybridized carbons (Fsp3) is 0.115. The first-order valence-corrected chi connectivity index (χ1v) is 11.5. The van der Waals surface area contributed by atoms with Gasteiger partial charge in [-0.3, -0.25) is 4.79 Å². The Morgan fingerprint density at radius 1 is 0.970 bits per heavy atom. The van der Waals surface area contributed by atoms with E-state index in [9.17, 15) is 4.79 Å². The lowest BCUT2D eigenvalue weighted by Crippen LogP contribution is -2.29. The summed E-state index contributed by atoms with van der Waals surface area (Å²) in [4.78, 5) is 21.8. The number of nitrogens with zero attached hydrogens (tertiary/aromatic N) is 2. The first kappa shape index (κ1) is 21.0. The van der Waals surface area contributed by atoms with Crippen LogP contribution in [0, 0.1) is 6.92 Å². The number of benzene rings is 3. The van der Waals surface area contributed by atoms with Gasteiger partial charge in [0.1, 0.15) is 11.8 Å². The van der Waals surface area contributed by atoms with Gasteiger partial charge in [-0.05, 0) is 35.7 Å². The normalized spacial score (nSPS) is 11.2. The predicted molar refractivity (Wildman–Crippen MR) is 127 cm³/mol. The summed E-state index contributed by atoms with van der Waals surface area (Å²) in [6, 6.07) is 25.3. The summed E-state index contributed by atoms with van der Waals surface area (Å²) in [5.41, 5.74) is 4.89. The van der Waals surface area contributed by atoms with Crippen molar-refractivity contribution in [2.75, 3.05) is 0 Å². The third-order valence-electron chi connectivity index (χ3n) is 5.17. The highest BCUT2D eigenvalue weighted by Gasteiger charge is 2.20. The number of fused-ring (bicyclic) bond motifs is 1. The van der Waals surface area contributed by atoms with Crippen molar-refractivity contribution >= 4 is 28.8 Å². The van der Waals surface area contributed by atoms with Crippen molar-refractivity contribution in [2.24, 2.45) is 0 Å². The maximum absolute atomic E-state index is 13.0. The second kappa shape index (κ2) is 9.34. The molecule has 7 heteroatoms. The van der Waals surface area contributed by atoms with Crippen LogP contribution in [-0.2, 0) is 5.75 Å². The number of thioether (sulfide) groups is 1. The van der Waals surface area contributed by atoms with E-state index in [1.807, 2.05) is 85.8 Å². The SMILES string of the molecule is Cc1ccc2oc(SCc3nc(C(=O)NC(c4ccccc4)c4ccccc4)co3)nc2c1. The topological polar surface area (TPSA) is 81.2 Å². The molecule has 0 saturated carbocycles. The molecule has 0 bridgehead atoms. The lowest BCUT2D eigenvalue weighted by atomic mass is 9.98. The Morgan fingerprint density at radius 3 is 2.36 bits per heavy atom. The van der Waals surface area contributed by atoms with Crippen LogP contribution in [0.2, 0.25) is 0 Å². The van der Waals surface area contributed by atoms with Gasteiger partial charge in [-0.2, -0.15) is 0 Å². The molecule has 0 aliphatic carbocycles. The molecule has 0 unspecified atom stereocenters. The van der Waals surface area contributed by atoms with Crippen LogP contribution in [0.25, 0.3) is 11.1 Å². The predicted octanol–water partition coefficient (Wildman–Crippen LogP) is 5.94. The van der Waals surface area contributed by atoms with Gasteiger partial charge in [0.25, 0.3) is 11.1 Å². The summed E-state index contributed by atoms with van der Waals surface area (Å²) in [7, 11) is 0. The number of carbonyl (C=O) groups is 1. The molecule has 1 amide bonds. The number of hydrogen-bond acceptors (Lipinski definition) is 6. The number of hydrogen-bond donors (Lipinski definition) is 1. The van der Waals surface area contributed by atoms with Crippen molar-refractivity contribution in [1.29, 1.82) is 0 Å². The molecule has 33 heavy (non-hydrogen) atoms. The van der Waals surface area contributed by atoms with E-state index in [-0.39, 0.29) is 17.6 Å². The van der Waals surface area contributed by atoms with Crippen LogP contribution >= 0.6 is 11.8 Å². The molecular formula is C26H21N3O3S. The van der Waals surface area contributed by atoms with Crippen LogP contribution in [0.1, 0.15) is 39.1 Å². The maximum atomic E-state index is 13.0. The number of nitrogens with one attached hydrogen (secondary N) is 1. The summed E-state index contributed by atoms with van der Waals surface area (Å²) >= 11 is 1.37. The Morgan fingerprint density at radius 2 is 1.67 bits per heavy atom. The zero-order valence-electron chi connectivity index (χ0n) is 17.9. The fourth-order valence-electron chi connectivity index (χ4n) is 3.54. The summed E-state index contributed by atoms with van der Waals surface area (Å²) in [6.07, 6.45) is 1.38. The van der Waals surface area contributed by atoms with E-state index in [1.54, 1.807) is 0 Å². The lowest BCUT2D eigenvalue weighted by Gasteiger charge is -2.19. The van der Waals surface area contributed by atoms with Gasteiger partial charge >= 0.3 is 0 Å². The highest BCUT2D eigenvalue weighted by molar-refractivity contribution is 7.98. The minimum absolute atomic E-state index is 0.232. The Labute approximate surface area is 195 Å². The van der Waals surface area contributed by atoms with Crippen molar-refractivity contribution in [2.45, 2.75) is 23.9 Å². The summed E-state index contributed by atoms with van der Waals surface area (Å²) < 4.78 is 11.3. The first-order valence-electron chi connectivity index (χ1n) is 10.5. The van der Waals surface area contributed by atoms with E-state index in [4.69, 9.17) is 8.83 Å². The maximum Gasteiger partial charge on any atom is 0.273 e. The average Bonchev–Trinajstić information content (AvgIpc) is 3.49. The molecule has 0 saturated heterocycles. The Balaban J connectivity index is 1.28. The standard InChI is InChI=1S/C26H21N3O3S/c1-17-12-13-22-20(14-17)28-26(32-22)33-16-23-27-21(15-31-23)25(30)29-24(18-8-4-2-5-9-18)19-10-6-3-7-11-19/h2-15,24H,16H2,1H3,(H,29,30). The Hall–Kier alpha value is -3.84. The van der Waals surface area contributed by atoms with Crippen LogP contribution in [0.3, 0.4) is 0 Å². The number of oxazole rings is 2. The Bertz CT molecular complexity index is 1340. The molecule has 6 nitrogen and oxygen atoms in total. The van der Waals surface area contributed by atoms with Crippen LogP contribution in [0.15, 0.2) is 99.2 Å². The monoisotopic (exact) mass is 455 g/mol. The molecule has 3 aromatic carbocycles. The molecule has 2 heterocycles. The van der Waals surface area contributed by atoms with Crippen LogP contribution in [-0.4, -0.2) is 15.9 Å². The van der Waals surface area contributed by atoms with E-state index >= 15 is 0 Å². The van der Waals surface area contributed by atoms with Crippen LogP contribution in [0.5, 0.6) is 0 Å². The third kappa shape index (κ3) is 4.83. The van der Waals surface area contributed by atoms with E-state index in [1.165, 1.54) is 18.0 Å². The average molecular weight is 456 g/mol. The molecular weight excluding hydrogens is 434 g/mol. The Kier molecular flexibility index (Phi) is 5.95. The van der Waals surface area contributed by atoms with Crippen LogP contribution < -0.4 is 5.32 Å². The molecule has 2 aromatic heterocycles. The van der Waals surface area contributed by atoms with E-state index < -0.39 is 0 Å². The minimum atomic E-state index is -0.301. The first-order chi connectivity index (χ1) is 16.2. The van der Waals surface area contributed by atoms with Crippen LogP contribution in [0.4, 0.5) is 0 Å². The van der Waals surface area contributed by atoms with Crippen molar-refractivity contribution < 1.29 is 13.6 Å². The molecule has 1 N–H and O–H groups in total. The van der Waals surface area contributed by atoms with Crippen molar-refractivity contribution in [3.05, 3.63) is 113 Å². The van der Waals surface area contributed by atoms with Gasteiger partial charge in [0.05, 0.1) is 11.8 Å². The van der Waals surface area contributed by atoms with E-state index in [0.717, 1.165) is 27.8 Å². The van der Waals surface area contributed by atoms with Gasteiger partial charge < -0.3 is 14.2 Å². The number of amides is 1. The number of carbonyl (C=O) groups excluding carboxylic acids is 1.